The second-order valence-electron chi connectivity index (χ2n) is 8.55. The van der Waals surface area contributed by atoms with Crippen LogP contribution in [-0.4, -0.2) is 15.7 Å². The number of nitrogens with zero attached hydrogens (tertiary/aromatic N) is 2. The van der Waals surface area contributed by atoms with Crippen molar-refractivity contribution in [2.75, 3.05) is 0 Å². The van der Waals surface area contributed by atoms with Crippen LogP contribution in [0.2, 0.25) is 0 Å². The minimum absolute atomic E-state index is 0.0689. The maximum Gasteiger partial charge on any atom is 0.230 e. The van der Waals surface area contributed by atoms with Gasteiger partial charge in [-0.05, 0) is 57.8 Å². The van der Waals surface area contributed by atoms with Gasteiger partial charge in [0.05, 0.1) is 6.54 Å². The molecule has 4 heteroatoms. The van der Waals surface area contributed by atoms with Crippen molar-refractivity contribution in [1.29, 1.82) is 0 Å². The van der Waals surface area contributed by atoms with Crippen LogP contribution in [0.1, 0.15) is 84.9 Å². The smallest absolute Gasteiger partial charge is 0.230 e. The Morgan fingerprint density at radius 1 is 1.00 bits per heavy atom. The summed E-state index contributed by atoms with van der Waals surface area (Å²) in [4.78, 5) is 0. The lowest BCUT2D eigenvalue weighted by Crippen LogP contribution is -2.35. The summed E-state index contributed by atoms with van der Waals surface area (Å²) in [5.41, 5.74) is 0.487. The fourth-order valence-corrected chi connectivity index (χ4v) is 3.05. The molecule has 0 saturated heterocycles. The monoisotopic (exact) mass is 293 g/mol. The van der Waals surface area contributed by atoms with Crippen LogP contribution in [0.3, 0.4) is 0 Å². The Kier molecular flexibility index (Phi) is 4.76. The van der Waals surface area contributed by atoms with Gasteiger partial charge < -0.3 is 9.73 Å². The largest absolute Gasteiger partial charge is 0.424 e. The highest BCUT2D eigenvalue weighted by atomic mass is 16.4. The van der Waals surface area contributed by atoms with Gasteiger partial charge >= 0.3 is 0 Å². The van der Waals surface area contributed by atoms with E-state index >= 15 is 0 Å². The Bertz CT molecular complexity index is 445. The first-order chi connectivity index (χ1) is 9.65. The van der Waals surface area contributed by atoms with E-state index in [1.807, 2.05) is 0 Å². The molecule has 120 valence electrons. The molecule has 1 saturated carbocycles. The van der Waals surface area contributed by atoms with Crippen LogP contribution in [0.4, 0.5) is 0 Å². The van der Waals surface area contributed by atoms with E-state index in [0.29, 0.717) is 23.8 Å². The van der Waals surface area contributed by atoms with Gasteiger partial charge in [0, 0.05) is 11.5 Å². The topological polar surface area (TPSA) is 51.0 Å². The third-order valence-electron chi connectivity index (χ3n) is 4.55. The van der Waals surface area contributed by atoms with Gasteiger partial charge in [-0.2, -0.15) is 0 Å². The fraction of sp³-hybridized carbons (Fsp3) is 0.882. The van der Waals surface area contributed by atoms with Crippen LogP contribution < -0.4 is 5.32 Å². The zero-order chi connectivity index (χ0) is 15.7. The average Bonchev–Trinajstić information content (AvgIpc) is 2.83. The maximum atomic E-state index is 5.85. The molecule has 0 unspecified atom stereocenters. The quantitative estimate of drug-likeness (QED) is 0.903. The molecule has 1 aromatic rings. The normalized spacial score (nSPS) is 24.3. The standard InChI is InChI=1S/C17H31N3O/c1-16(2,3)13-9-7-12(8-10-13)15-20-19-14(21-15)11-18-17(4,5)6/h12-13,18H,7-11H2,1-6H3. The van der Waals surface area contributed by atoms with Gasteiger partial charge in [0.1, 0.15) is 0 Å². The van der Waals surface area contributed by atoms with Gasteiger partial charge in [-0.3, -0.25) is 0 Å². The van der Waals surface area contributed by atoms with E-state index in [0.717, 1.165) is 11.8 Å². The first-order valence-corrected chi connectivity index (χ1v) is 8.22. The van der Waals surface area contributed by atoms with E-state index in [9.17, 15) is 0 Å². The lowest BCUT2D eigenvalue weighted by Gasteiger charge is -2.36. The Labute approximate surface area is 129 Å². The van der Waals surface area contributed by atoms with Gasteiger partial charge in [-0.25, -0.2) is 0 Å². The van der Waals surface area contributed by atoms with Crippen molar-refractivity contribution in [2.24, 2.45) is 11.3 Å². The summed E-state index contributed by atoms with van der Waals surface area (Å²) in [6.45, 7) is 14.1. The molecule has 0 radical (unpaired) electrons. The summed E-state index contributed by atoms with van der Waals surface area (Å²) in [6, 6.07) is 0. The molecular weight excluding hydrogens is 262 g/mol. The predicted octanol–water partition coefficient (Wildman–Crippen LogP) is 4.28. The molecule has 0 aromatic carbocycles. The highest BCUT2D eigenvalue weighted by Gasteiger charge is 2.32. The van der Waals surface area contributed by atoms with Crippen molar-refractivity contribution in [2.45, 2.75) is 85.2 Å². The molecule has 0 spiro atoms. The maximum absolute atomic E-state index is 5.85. The summed E-state index contributed by atoms with van der Waals surface area (Å²) in [6.07, 6.45) is 4.89. The van der Waals surface area contributed by atoms with Gasteiger partial charge in [0.2, 0.25) is 11.8 Å². The van der Waals surface area contributed by atoms with Crippen LogP contribution in [0.25, 0.3) is 0 Å². The van der Waals surface area contributed by atoms with Gasteiger partial charge in [-0.15, -0.1) is 10.2 Å². The Balaban J connectivity index is 1.88. The van der Waals surface area contributed by atoms with Crippen molar-refractivity contribution >= 4 is 0 Å². The van der Waals surface area contributed by atoms with Crippen LogP contribution in [0.15, 0.2) is 4.42 Å². The zero-order valence-electron chi connectivity index (χ0n) is 14.5. The number of aromatic nitrogens is 2. The van der Waals surface area contributed by atoms with Gasteiger partial charge in [-0.1, -0.05) is 20.8 Å². The van der Waals surface area contributed by atoms with Crippen molar-refractivity contribution in [3.63, 3.8) is 0 Å². The predicted molar refractivity (Wildman–Crippen MR) is 85.0 cm³/mol. The molecule has 1 heterocycles. The molecule has 1 fully saturated rings. The third kappa shape index (κ3) is 4.80. The summed E-state index contributed by atoms with van der Waals surface area (Å²) in [7, 11) is 0. The second kappa shape index (κ2) is 6.07. The SMILES string of the molecule is CC(C)(C)NCc1nnc(C2CCC(C(C)(C)C)CC2)o1. The molecule has 0 bridgehead atoms. The molecule has 1 aromatic heterocycles. The molecule has 0 aliphatic heterocycles. The van der Waals surface area contributed by atoms with E-state index in [2.05, 4.69) is 57.1 Å². The third-order valence-corrected chi connectivity index (χ3v) is 4.55. The zero-order valence-corrected chi connectivity index (χ0v) is 14.5. The highest BCUT2D eigenvalue weighted by Crippen LogP contribution is 2.42. The van der Waals surface area contributed by atoms with E-state index in [1.54, 1.807) is 0 Å². The first-order valence-electron chi connectivity index (χ1n) is 8.22. The number of rotatable bonds is 3. The number of hydrogen-bond acceptors (Lipinski definition) is 4. The van der Waals surface area contributed by atoms with Gasteiger partial charge in [0.25, 0.3) is 0 Å². The number of nitrogens with one attached hydrogen (secondary N) is 1. The summed E-state index contributed by atoms with van der Waals surface area (Å²) in [5.74, 6) is 2.82. The summed E-state index contributed by atoms with van der Waals surface area (Å²) < 4.78 is 5.85. The Morgan fingerprint density at radius 3 is 2.14 bits per heavy atom. The molecule has 0 amide bonds. The molecule has 1 aliphatic carbocycles. The lowest BCUT2D eigenvalue weighted by atomic mass is 9.70. The van der Waals surface area contributed by atoms with Crippen molar-refractivity contribution in [3.8, 4) is 0 Å². The lowest BCUT2D eigenvalue weighted by molar-refractivity contribution is 0.161. The van der Waals surface area contributed by atoms with Crippen molar-refractivity contribution < 1.29 is 4.42 Å². The van der Waals surface area contributed by atoms with E-state index < -0.39 is 0 Å². The molecule has 0 atom stereocenters. The Hall–Kier alpha value is -0.900. The van der Waals surface area contributed by atoms with E-state index in [-0.39, 0.29) is 5.54 Å². The number of hydrogen-bond donors (Lipinski definition) is 1. The van der Waals surface area contributed by atoms with Crippen molar-refractivity contribution in [1.82, 2.24) is 15.5 Å². The summed E-state index contributed by atoms with van der Waals surface area (Å²) >= 11 is 0. The first kappa shape index (κ1) is 16.5. The van der Waals surface area contributed by atoms with Crippen LogP contribution in [-0.2, 0) is 6.54 Å². The molecule has 1 N–H and O–H groups in total. The van der Waals surface area contributed by atoms with E-state index in [4.69, 9.17) is 4.42 Å². The van der Waals surface area contributed by atoms with E-state index in [1.165, 1.54) is 25.7 Å². The van der Waals surface area contributed by atoms with Gasteiger partial charge in [0.15, 0.2) is 0 Å². The molecule has 4 nitrogen and oxygen atoms in total. The second-order valence-corrected chi connectivity index (χ2v) is 8.55. The average molecular weight is 293 g/mol. The van der Waals surface area contributed by atoms with Crippen LogP contribution in [0, 0.1) is 11.3 Å². The minimum Gasteiger partial charge on any atom is -0.424 e. The molecule has 2 rings (SSSR count). The molecule has 21 heavy (non-hydrogen) atoms. The minimum atomic E-state index is 0.0689. The molecule has 1 aliphatic rings. The van der Waals surface area contributed by atoms with Crippen LogP contribution >= 0.6 is 0 Å². The Morgan fingerprint density at radius 2 is 1.62 bits per heavy atom. The summed E-state index contributed by atoms with van der Waals surface area (Å²) in [5, 5.41) is 11.8. The molecular formula is C17H31N3O. The van der Waals surface area contributed by atoms with Crippen molar-refractivity contribution in [3.05, 3.63) is 11.8 Å². The van der Waals surface area contributed by atoms with Crippen LogP contribution in [0.5, 0.6) is 0 Å². The highest BCUT2D eigenvalue weighted by molar-refractivity contribution is 4.96. The fourth-order valence-electron chi connectivity index (χ4n) is 3.05.